The first kappa shape index (κ1) is 8.81. The second kappa shape index (κ2) is 2.99. The van der Waals surface area contributed by atoms with Crippen molar-refractivity contribution in [3.8, 4) is 12.3 Å². The van der Waals surface area contributed by atoms with Gasteiger partial charge in [0, 0.05) is 18.6 Å². The molecule has 1 aromatic rings. The number of hydrogen-bond acceptors (Lipinski definition) is 3. The van der Waals surface area contributed by atoms with Gasteiger partial charge in [-0.1, -0.05) is 5.92 Å². The van der Waals surface area contributed by atoms with E-state index in [1.54, 1.807) is 0 Å². The number of aromatic nitrogens is 2. The Labute approximate surface area is 71.2 Å². The fourth-order valence-corrected chi connectivity index (χ4v) is 1.65. The highest BCUT2D eigenvalue weighted by Gasteiger charge is 2.12. The van der Waals surface area contributed by atoms with Crippen LogP contribution in [0.5, 0.6) is 0 Å². The van der Waals surface area contributed by atoms with Crippen molar-refractivity contribution in [2.75, 3.05) is 6.26 Å². The quantitative estimate of drug-likeness (QED) is 0.604. The Bertz CT molecular complexity index is 411. The highest BCUT2D eigenvalue weighted by Crippen LogP contribution is 2.04. The summed E-state index contributed by atoms with van der Waals surface area (Å²) in [4.78, 5) is 3.69. The molecule has 0 aromatic carbocycles. The lowest BCUT2D eigenvalue weighted by Gasteiger charge is -1.99. The number of rotatable bonds is 2. The second-order valence-corrected chi connectivity index (χ2v) is 4.22. The summed E-state index contributed by atoms with van der Waals surface area (Å²) < 4.78 is 23.5. The lowest BCUT2D eigenvalue weighted by atomic mass is 10.6. The first-order valence-corrected chi connectivity index (χ1v) is 5.09. The minimum absolute atomic E-state index is 0.0143. The Hall–Kier alpha value is -1.28. The summed E-state index contributed by atoms with van der Waals surface area (Å²) in [7, 11) is -3.26. The topological polar surface area (TPSA) is 52.0 Å². The fourth-order valence-electron chi connectivity index (χ4n) is 0.843. The van der Waals surface area contributed by atoms with Crippen LogP contribution in [0.3, 0.4) is 0 Å². The van der Waals surface area contributed by atoms with Crippen LogP contribution in [0.1, 0.15) is 0 Å². The molecule has 0 atom stereocenters. The van der Waals surface area contributed by atoms with Gasteiger partial charge in [0.1, 0.15) is 0 Å². The molecular weight excluding hydrogens is 176 g/mol. The van der Waals surface area contributed by atoms with Gasteiger partial charge in [-0.3, -0.25) is 0 Å². The van der Waals surface area contributed by atoms with E-state index in [2.05, 4.69) is 10.9 Å². The average molecular weight is 184 g/mol. The summed E-state index contributed by atoms with van der Waals surface area (Å²) in [5.41, 5.74) is 0. The Balaban J connectivity index is 3.19. The van der Waals surface area contributed by atoms with Gasteiger partial charge in [-0.2, -0.15) is 0 Å². The predicted octanol–water partition coefficient (Wildman–Crippen LogP) is -0.0802. The molecule has 0 bridgehead atoms. The first-order valence-electron chi connectivity index (χ1n) is 3.20. The van der Waals surface area contributed by atoms with E-state index in [-0.39, 0.29) is 11.7 Å². The van der Waals surface area contributed by atoms with Crippen LogP contribution in [-0.2, 0) is 16.4 Å². The lowest BCUT2D eigenvalue weighted by molar-refractivity contribution is 0.581. The van der Waals surface area contributed by atoms with Gasteiger partial charge < -0.3 is 4.57 Å². The summed E-state index contributed by atoms with van der Waals surface area (Å²) in [6.45, 7) is 0.225. The molecule has 5 heteroatoms. The fraction of sp³-hybridized carbons (Fsp3) is 0.286. The molecule has 0 N–H and O–H groups in total. The lowest BCUT2D eigenvalue weighted by Crippen LogP contribution is -2.07. The van der Waals surface area contributed by atoms with Gasteiger partial charge in [0.15, 0.2) is 0 Å². The van der Waals surface area contributed by atoms with Crippen molar-refractivity contribution < 1.29 is 8.42 Å². The Morgan fingerprint density at radius 3 is 2.92 bits per heavy atom. The third-order valence-electron chi connectivity index (χ3n) is 1.27. The second-order valence-electron chi connectivity index (χ2n) is 2.31. The van der Waals surface area contributed by atoms with Crippen molar-refractivity contribution in [3.05, 3.63) is 12.4 Å². The van der Waals surface area contributed by atoms with Crippen molar-refractivity contribution in [2.24, 2.45) is 0 Å². The minimum Gasteiger partial charge on any atom is -0.310 e. The Kier molecular flexibility index (Phi) is 2.20. The van der Waals surface area contributed by atoms with Gasteiger partial charge in [0.05, 0.1) is 6.54 Å². The zero-order chi connectivity index (χ0) is 9.19. The van der Waals surface area contributed by atoms with E-state index in [9.17, 15) is 8.42 Å². The van der Waals surface area contributed by atoms with E-state index < -0.39 is 9.84 Å². The largest absolute Gasteiger partial charge is 0.310 e. The maximum atomic E-state index is 11.0. The molecule has 0 amide bonds. The third-order valence-corrected chi connectivity index (χ3v) is 2.27. The van der Waals surface area contributed by atoms with E-state index in [4.69, 9.17) is 6.42 Å². The van der Waals surface area contributed by atoms with Gasteiger partial charge in [0.2, 0.25) is 15.0 Å². The van der Waals surface area contributed by atoms with Gasteiger partial charge in [-0.25, -0.2) is 13.4 Å². The maximum absolute atomic E-state index is 11.0. The maximum Gasteiger partial charge on any atom is 0.228 e. The smallest absolute Gasteiger partial charge is 0.228 e. The molecule has 64 valence electrons. The van der Waals surface area contributed by atoms with E-state index >= 15 is 0 Å². The molecule has 0 saturated heterocycles. The van der Waals surface area contributed by atoms with Crippen LogP contribution in [0.15, 0.2) is 17.6 Å². The number of terminal acetylenes is 1. The van der Waals surface area contributed by atoms with Crippen LogP contribution >= 0.6 is 0 Å². The molecule has 0 radical (unpaired) electrons. The van der Waals surface area contributed by atoms with Crippen LogP contribution in [0, 0.1) is 12.3 Å². The van der Waals surface area contributed by atoms with E-state index in [0.29, 0.717) is 0 Å². The molecule has 0 fully saturated rings. The first-order chi connectivity index (χ1) is 5.55. The molecule has 1 rings (SSSR count). The number of sulfone groups is 1. The summed E-state index contributed by atoms with van der Waals surface area (Å²) >= 11 is 0. The SMILES string of the molecule is C#CCn1ccnc1S(C)(=O)=O. The molecule has 1 heterocycles. The third kappa shape index (κ3) is 1.66. The Morgan fingerprint density at radius 2 is 2.42 bits per heavy atom. The van der Waals surface area contributed by atoms with E-state index in [1.807, 2.05) is 0 Å². The molecule has 0 saturated carbocycles. The van der Waals surface area contributed by atoms with Crippen molar-refractivity contribution in [1.82, 2.24) is 9.55 Å². The van der Waals surface area contributed by atoms with Gasteiger partial charge in [0.25, 0.3) is 0 Å². The zero-order valence-electron chi connectivity index (χ0n) is 6.56. The molecular formula is C7H8N2O2S. The number of nitrogens with zero attached hydrogens (tertiary/aromatic N) is 2. The van der Waals surface area contributed by atoms with Crippen LogP contribution < -0.4 is 0 Å². The van der Waals surface area contributed by atoms with Crippen molar-refractivity contribution in [2.45, 2.75) is 11.7 Å². The highest BCUT2D eigenvalue weighted by atomic mass is 32.2. The normalized spacial score (nSPS) is 11.0. The van der Waals surface area contributed by atoms with Crippen LogP contribution in [0.2, 0.25) is 0 Å². The van der Waals surface area contributed by atoms with Gasteiger partial charge >= 0.3 is 0 Å². The van der Waals surface area contributed by atoms with E-state index in [0.717, 1.165) is 6.26 Å². The molecule has 0 unspecified atom stereocenters. The molecule has 1 aromatic heterocycles. The zero-order valence-corrected chi connectivity index (χ0v) is 7.37. The summed E-state index contributed by atoms with van der Waals surface area (Å²) in [6, 6.07) is 0. The van der Waals surface area contributed by atoms with Gasteiger partial charge in [-0.15, -0.1) is 6.42 Å². The molecule has 12 heavy (non-hydrogen) atoms. The molecule has 4 nitrogen and oxygen atoms in total. The highest BCUT2D eigenvalue weighted by molar-refractivity contribution is 7.90. The number of hydrogen-bond donors (Lipinski definition) is 0. The average Bonchev–Trinajstić information content (AvgIpc) is 2.34. The van der Waals surface area contributed by atoms with Gasteiger partial charge in [-0.05, 0) is 0 Å². The predicted molar refractivity (Wildman–Crippen MR) is 44.2 cm³/mol. The standard InChI is InChI=1S/C7H8N2O2S/c1-3-5-9-6-4-8-7(9)12(2,10)11/h1,4,6H,5H2,2H3. The number of imidazole rings is 1. The molecule has 0 spiro atoms. The summed E-state index contributed by atoms with van der Waals surface area (Å²) in [6.07, 6.45) is 9.09. The Morgan fingerprint density at radius 1 is 1.75 bits per heavy atom. The van der Waals surface area contributed by atoms with E-state index in [1.165, 1.54) is 17.0 Å². The van der Waals surface area contributed by atoms with Crippen molar-refractivity contribution >= 4 is 9.84 Å². The minimum atomic E-state index is -3.26. The molecule has 0 aliphatic heterocycles. The van der Waals surface area contributed by atoms with Crippen molar-refractivity contribution in [3.63, 3.8) is 0 Å². The summed E-state index contributed by atoms with van der Waals surface area (Å²) in [5.74, 6) is 2.34. The molecule has 0 aliphatic rings. The van der Waals surface area contributed by atoms with Crippen LogP contribution in [-0.4, -0.2) is 24.2 Å². The summed E-state index contributed by atoms with van der Waals surface area (Å²) in [5, 5.41) is 0.0143. The van der Waals surface area contributed by atoms with Crippen molar-refractivity contribution in [1.29, 1.82) is 0 Å². The molecule has 0 aliphatic carbocycles. The monoisotopic (exact) mass is 184 g/mol. The van der Waals surface area contributed by atoms with Crippen LogP contribution in [0.4, 0.5) is 0 Å². The van der Waals surface area contributed by atoms with Crippen LogP contribution in [0.25, 0.3) is 0 Å².